The Morgan fingerprint density at radius 3 is 2.85 bits per heavy atom. The van der Waals surface area contributed by atoms with Crippen molar-refractivity contribution in [3.63, 3.8) is 0 Å². The number of halogens is 2. The lowest BCUT2D eigenvalue weighted by atomic mass is 9.83. The molecular formula is C15H23BCl2N6O3. The van der Waals surface area contributed by atoms with Crippen LogP contribution in [0.4, 0.5) is 0 Å². The SMILES string of the molecule is Cl.NC(CCCCB(O)O)c1nnnn1CC(=O)NCc1cccc(Cl)c1. The number of hydrogen-bond acceptors (Lipinski definition) is 7. The zero-order valence-electron chi connectivity index (χ0n) is 14.7. The molecule has 5 N–H and O–H groups in total. The molecule has 0 aliphatic heterocycles. The van der Waals surface area contributed by atoms with Crippen molar-refractivity contribution in [3.05, 3.63) is 40.7 Å². The summed E-state index contributed by atoms with van der Waals surface area (Å²) in [4.78, 5) is 12.1. The van der Waals surface area contributed by atoms with E-state index in [1.54, 1.807) is 12.1 Å². The smallest absolute Gasteiger partial charge is 0.427 e. The lowest BCUT2D eigenvalue weighted by Gasteiger charge is -2.12. The van der Waals surface area contributed by atoms with E-state index in [2.05, 4.69) is 20.8 Å². The Labute approximate surface area is 168 Å². The van der Waals surface area contributed by atoms with Gasteiger partial charge in [-0.1, -0.05) is 36.6 Å². The molecule has 0 aliphatic rings. The quantitative estimate of drug-likeness (QED) is 0.330. The second-order valence-corrected chi connectivity index (χ2v) is 6.41. The first-order valence-electron chi connectivity index (χ1n) is 8.34. The molecule has 0 fully saturated rings. The van der Waals surface area contributed by atoms with E-state index in [-0.39, 0.29) is 24.9 Å². The maximum Gasteiger partial charge on any atom is 0.451 e. The molecule has 0 spiro atoms. The van der Waals surface area contributed by atoms with E-state index in [1.807, 2.05) is 12.1 Å². The Kier molecular flexibility index (Phi) is 10.3. The van der Waals surface area contributed by atoms with Crippen molar-refractivity contribution in [1.29, 1.82) is 0 Å². The molecule has 2 aromatic rings. The first kappa shape index (κ1) is 23.3. The van der Waals surface area contributed by atoms with E-state index in [9.17, 15) is 4.79 Å². The molecule has 12 heteroatoms. The van der Waals surface area contributed by atoms with Crippen molar-refractivity contribution in [2.24, 2.45) is 5.73 Å². The number of tetrazole rings is 1. The van der Waals surface area contributed by atoms with Gasteiger partial charge in [0.15, 0.2) is 5.82 Å². The molecule has 0 saturated carbocycles. The number of rotatable bonds is 10. The van der Waals surface area contributed by atoms with Crippen LogP contribution in [0.15, 0.2) is 24.3 Å². The van der Waals surface area contributed by atoms with Gasteiger partial charge in [-0.25, -0.2) is 4.68 Å². The molecule has 2 rings (SSSR count). The molecule has 0 radical (unpaired) electrons. The minimum atomic E-state index is -1.31. The molecule has 0 aliphatic carbocycles. The fraction of sp³-hybridized carbons (Fsp3) is 0.467. The highest BCUT2D eigenvalue weighted by Gasteiger charge is 2.17. The number of unbranched alkanes of at least 4 members (excludes halogenated alkanes) is 1. The third kappa shape index (κ3) is 8.23. The van der Waals surface area contributed by atoms with Gasteiger partial charge in [0.25, 0.3) is 0 Å². The van der Waals surface area contributed by atoms with Crippen LogP contribution in [0, 0.1) is 0 Å². The number of hydrogen-bond donors (Lipinski definition) is 4. The first-order chi connectivity index (χ1) is 12.5. The predicted molar refractivity (Wildman–Crippen MR) is 104 cm³/mol. The zero-order chi connectivity index (χ0) is 18.9. The topological polar surface area (TPSA) is 139 Å². The van der Waals surface area contributed by atoms with Crippen molar-refractivity contribution in [2.45, 2.75) is 44.7 Å². The standard InChI is InChI=1S/C15H22BClN6O3.ClH/c17-12-5-3-4-11(8-12)9-19-14(24)10-23-15(20-21-22-23)13(18)6-1-2-7-16(25)26;/h3-5,8,13,25-26H,1-2,6-7,9-10,18H2,(H,19,24);1H. The van der Waals surface area contributed by atoms with Gasteiger partial charge in [0, 0.05) is 11.6 Å². The number of amides is 1. The summed E-state index contributed by atoms with van der Waals surface area (Å²) in [6, 6.07) is 6.81. The normalized spacial score (nSPS) is 11.6. The summed E-state index contributed by atoms with van der Waals surface area (Å²) < 4.78 is 1.37. The van der Waals surface area contributed by atoms with Crippen LogP contribution in [-0.4, -0.2) is 43.3 Å². The molecule has 1 amide bonds. The molecule has 27 heavy (non-hydrogen) atoms. The highest BCUT2D eigenvalue weighted by molar-refractivity contribution is 6.40. The number of carbonyl (C=O) groups excluding carboxylic acids is 1. The summed E-state index contributed by atoms with van der Waals surface area (Å²) >= 11 is 5.92. The van der Waals surface area contributed by atoms with Crippen molar-refractivity contribution < 1.29 is 14.8 Å². The van der Waals surface area contributed by atoms with Gasteiger partial charge < -0.3 is 21.1 Å². The molecule has 1 atom stereocenters. The van der Waals surface area contributed by atoms with Crippen molar-refractivity contribution >= 4 is 37.0 Å². The molecule has 1 unspecified atom stereocenters. The molecule has 1 heterocycles. The van der Waals surface area contributed by atoms with Crippen molar-refractivity contribution in [2.75, 3.05) is 0 Å². The predicted octanol–water partition coefficient (Wildman–Crippen LogP) is 0.708. The van der Waals surface area contributed by atoms with E-state index in [4.69, 9.17) is 27.4 Å². The van der Waals surface area contributed by atoms with Crippen LogP contribution in [-0.2, 0) is 17.9 Å². The summed E-state index contributed by atoms with van der Waals surface area (Å²) in [5.41, 5.74) is 6.97. The number of nitrogens with two attached hydrogens (primary N) is 1. The third-order valence-corrected chi connectivity index (χ3v) is 4.03. The molecule has 0 saturated heterocycles. The molecule has 148 valence electrons. The fourth-order valence-electron chi connectivity index (χ4n) is 2.45. The van der Waals surface area contributed by atoms with E-state index in [1.165, 1.54) is 4.68 Å². The van der Waals surface area contributed by atoms with Crippen LogP contribution in [0.2, 0.25) is 11.3 Å². The van der Waals surface area contributed by atoms with Gasteiger partial charge in [-0.05, 0) is 40.9 Å². The van der Waals surface area contributed by atoms with Gasteiger partial charge >= 0.3 is 7.12 Å². The van der Waals surface area contributed by atoms with Crippen LogP contribution in [0.3, 0.4) is 0 Å². The van der Waals surface area contributed by atoms with E-state index >= 15 is 0 Å². The Balaban J connectivity index is 0.00000364. The highest BCUT2D eigenvalue weighted by Crippen LogP contribution is 2.15. The van der Waals surface area contributed by atoms with Crippen LogP contribution in [0.5, 0.6) is 0 Å². The molecule has 9 nitrogen and oxygen atoms in total. The molecular weight excluding hydrogens is 394 g/mol. The summed E-state index contributed by atoms with van der Waals surface area (Å²) in [6.45, 7) is 0.318. The summed E-state index contributed by atoms with van der Waals surface area (Å²) in [5.74, 6) is 0.182. The maximum atomic E-state index is 12.1. The van der Waals surface area contributed by atoms with Crippen LogP contribution in [0.1, 0.15) is 36.7 Å². The number of carbonyl (C=O) groups is 1. The summed E-state index contributed by atoms with van der Waals surface area (Å²) in [6.07, 6.45) is 2.21. The minimum Gasteiger partial charge on any atom is -0.427 e. The van der Waals surface area contributed by atoms with E-state index < -0.39 is 13.2 Å². The third-order valence-electron chi connectivity index (χ3n) is 3.79. The van der Waals surface area contributed by atoms with Crippen molar-refractivity contribution in [1.82, 2.24) is 25.5 Å². The second-order valence-electron chi connectivity index (χ2n) is 5.97. The van der Waals surface area contributed by atoms with Crippen LogP contribution < -0.4 is 11.1 Å². The Hall–Kier alpha value is -1.72. The Morgan fingerprint density at radius 1 is 1.37 bits per heavy atom. The minimum absolute atomic E-state index is 0. The Morgan fingerprint density at radius 2 is 2.15 bits per heavy atom. The summed E-state index contributed by atoms with van der Waals surface area (Å²) in [7, 11) is -1.31. The lowest BCUT2D eigenvalue weighted by molar-refractivity contribution is -0.122. The maximum absolute atomic E-state index is 12.1. The molecule has 1 aromatic heterocycles. The average Bonchev–Trinajstić information content (AvgIpc) is 3.05. The number of nitrogens with zero attached hydrogens (tertiary/aromatic N) is 4. The number of nitrogens with one attached hydrogen (secondary N) is 1. The van der Waals surface area contributed by atoms with Gasteiger partial charge in [-0.3, -0.25) is 4.79 Å². The van der Waals surface area contributed by atoms with Crippen molar-refractivity contribution in [3.8, 4) is 0 Å². The highest BCUT2D eigenvalue weighted by atomic mass is 35.5. The summed E-state index contributed by atoms with van der Waals surface area (Å²) in [5, 5.41) is 32.4. The largest absolute Gasteiger partial charge is 0.451 e. The van der Waals surface area contributed by atoms with Crippen LogP contribution >= 0.6 is 24.0 Å². The van der Waals surface area contributed by atoms with Gasteiger partial charge in [0.2, 0.25) is 5.91 Å². The first-order valence-corrected chi connectivity index (χ1v) is 8.72. The van der Waals surface area contributed by atoms with E-state index in [0.29, 0.717) is 43.0 Å². The average molecular weight is 417 g/mol. The second kappa shape index (κ2) is 11.9. The van der Waals surface area contributed by atoms with Gasteiger partial charge in [-0.15, -0.1) is 17.5 Å². The number of aromatic nitrogens is 4. The van der Waals surface area contributed by atoms with Gasteiger partial charge in [-0.2, -0.15) is 0 Å². The number of benzene rings is 1. The fourth-order valence-corrected chi connectivity index (χ4v) is 2.66. The van der Waals surface area contributed by atoms with E-state index in [0.717, 1.165) is 5.56 Å². The van der Waals surface area contributed by atoms with Gasteiger partial charge in [0.05, 0.1) is 6.04 Å². The Bertz CT molecular complexity index is 718. The molecule has 1 aromatic carbocycles. The monoisotopic (exact) mass is 416 g/mol. The lowest BCUT2D eigenvalue weighted by Crippen LogP contribution is -2.29. The van der Waals surface area contributed by atoms with Gasteiger partial charge in [0.1, 0.15) is 6.54 Å². The van der Waals surface area contributed by atoms with Crippen LogP contribution in [0.25, 0.3) is 0 Å². The zero-order valence-corrected chi connectivity index (χ0v) is 16.2. The molecule has 0 bridgehead atoms.